The van der Waals surface area contributed by atoms with Crippen molar-refractivity contribution in [3.63, 3.8) is 0 Å². The second-order valence-electron chi connectivity index (χ2n) is 9.45. The number of halogens is 3. The normalized spacial score (nSPS) is 18.5. The molecule has 0 atom stereocenters. The van der Waals surface area contributed by atoms with Gasteiger partial charge in [0.1, 0.15) is 5.82 Å². The average molecular weight is 463 g/mol. The largest absolute Gasteiger partial charge is 0.207 e. The maximum absolute atomic E-state index is 15.0. The van der Waals surface area contributed by atoms with Crippen molar-refractivity contribution in [2.45, 2.75) is 64.7 Å². The first-order valence-corrected chi connectivity index (χ1v) is 12.5. The molecule has 3 aromatic carbocycles. The molecule has 0 spiro atoms. The highest BCUT2D eigenvalue weighted by Crippen LogP contribution is 2.39. The van der Waals surface area contributed by atoms with Crippen LogP contribution in [0.2, 0.25) is 0 Å². The molecule has 0 bridgehead atoms. The molecule has 3 aromatic rings. The average Bonchev–Trinajstić information content (AvgIpc) is 2.86. The van der Waals surface area contributed by atoms with Crippen molar-refractivity contribution in [3.05, 3.63) is 100 Å². The van der Waals surface area contributed by atoms with E-state index in [1.54, 1.807) is 18.2 Å². The van der Waals surface area contributed by atoms with Crippen LogP contribution in [0.1, 0.15) is 74.1 Å². The Hall–Kier alpha value is -2.81. The molecule has 1 saturated carbocycles. The lowest BCUT2D eigenvalue weighted by Crippen LogP contribution is -2.13. The van der Waals surface area contributed by atoms with Gasteiger partial charge in [0.25, 0.3) is 0 Å². The fraction of sp³-hybridized carbons (Fsp3) is 0.355. The molecular formula is C31H33F3. The van der Waals surface area contributed by atoms with E-state index in [0.29, 0.717) is 22.6 Å². The van der Waals surface area contributed by atoms with Gasteiger partial charge in [-0.25, -0.2) is 13.2 Å². The van der Waals surface area contributed by atoms with Gasteiger partial charge >= 0.3 is 0 Å². The van der Waals surface area contributed by atoms with Crippen molar-refractivity contribution < 1.29 is 13.2 Å². The van der Waals surface area contributed by atoms with Crippen LogP contribution >= 0.6 is 0 Å². The highest BCUT2D eigenvalue weighted by molar-refractivity contribution is 5.65. The van der Waals surface area contributed by atoms with Gasteiger partial charge in [-0.15, -0.1) is 0 Å². The zero-order valence-corrected chi connectivity index (χ0v) is 20.1. The van der Waals surface area contributed by atoms with Crippen LogP contribution in [0.3, 0.4) is 0 Å². The van der Waals surface area contributed by atoms with Crippen molar-refractivity contribution in [1.29, 1.82) is 0 Å². The smallest absolute Gasteiger partial charge is 0.166 e. The van der Waals surface area contributed by atoms with Gasteiger partial charge in [0.2, 0.25) is 0 Å². The maximum Gasteiger partial charge on any atom is 0.166 e. The summed E-state index contributed by atoms with van der Waals surface area (Å²) in [5.41, 5.74) is 4.31. The molecule has 0 unspecified atom stereocenters. The third kappa shape index (κ3) is 5.46. The van der Waals surface area contributed by atoms with Gasteiger partial charge in [0.05, 0.1) is 0 Å². The fourth-order valence-electron chi connectivity index (χ4n) is 5.03. The van der Waals surface area contributed by atoms with Crippen LogP contribution < -0.4 is 0 Å². The van der Waals surface area contributed by atoms with Crippen LogP contribution in [0.5, 0.6) is 0 Å². The highest BCUT2D eigenvalue weighted by Gasteiger charge is 2.25. The molecule has 0 heterocycles. The summed E-state index contributed by atoms with van der Waals surface area (Å²) in [4.78, 5) is 0. The van der Waals surface area contributed by atoms with Gasteiger partial charge in [0, 0.05) is 5.56 Å². The van der Waals surface area contributed by atoms with E-state index < -0.39 is 11.6 Å². The molecule has 4 rings (SSSR count). The van der Waals surface area contributed by atoms with Crippen molar-refractivity contribution in [1.82, 2.24) is 0 Å². The van der Waals surface area contributed by atoms with Crippen molar-refractivity contribution in [2.75, 3.05) is 0 Å². The minimum absolute atomic E-state index is 0.0291. The Kier molecular flexibility index (Phi) is 7.92. The zero-order chi connectivity index (χ0) is 24.1. The number of benzene rings is 3. The Morgan fingerprint density at radius 1 is 0.824 bits per heavy atom. The molecule has 0 aliphatic heterocycles. The van der Waals surface area contributed by atoms with E-state index in [4.69, 9.17) is 0 Å². The van der Waals surface area contributed by atoms with Crippen molar-refractivity contribution in [2.24, 2.45) is 5.92 Å². The van der Waals surface area contributed by atoms with Crippen molar-refractivity contribution in [3.8, 4) is 11.1 Å². The molecule has 1 fully saturated rings. The van der Waals surface area contributed by atoms with E-state index in [1.165, 1.54) is 5.56 Å². The van der Waals surface area contributed by atoms with Crippen LogP contribution in [-0.2, 0) is 12.8 Å². The molecule has 34 heavy (non-hydrogen) atoms. The van der Waals surface area contributed by atoms with E-state index in [0.717, 1.165) is 56.1 Å². The first-order chi connectivity index (χ1) is 16.5. The second-order valence-corrected chi connectivity index (χ2v) is 9.45. The number of allylic oxidation sites excluding steroid dienone is 1. The lowest BCUT2D eigenvalue weighted by atomic mass is 9.78. The molecule has 0 radical (unpaired) electrons. The summed E-state index contributed by atoms with van der Waals surface area (Å²) < 4.78 is 44.2. The van der Waals surface area contributed by atoms with E-state index in [1.807, 2.05) is 49.4 Å². The Labute approximate surface area is 201 Å². The molecule has 1 aliphatic rings. The number of rotatable bonds is 7. The van der Waals surface area contributed by atoms with Gasteiger partial charge in [-0.2, -0.15) is 0 Å². The van der Waals surface area contributed by atoms with Gasteiger partial charge in [-0.1, -0.05) is 81.0 Å². The summed E-state index contributed by atoms with van der Waals surface area (Å²) in [7, 11) is 0. The van der Waals surface area contributed by atoms with Gasteiger partial charge in [0.15, 0.2) is 11.6 Å². The fourth-order valence-corrected chi connectivity index (χ4v) is 5.03. The topological polar surface area (TPSA) is 0 Å². The van der Waals surface area contributed by atoms with Crippen LogP contribution in [-0.4, -0.2) is 0 Å². The zero-order valence-electron chi connectivity index (χ0n) is 20.1. The monoisotopic (exact) mass is 462 g/mol. The summed E-state index contributed by atoms with van der Waals surface area (Å²) in [6.45, 7) is 4.11. The summed E-state index contributed by atoms with van der Waals surface area (Å²) >= 11 is 0. The van der Waals surface area contributed by atoms with E-state index in [2.05, 4.69) is 13.0 Å². The van der Waals surface area contributed by atoms with E-state index >= 15 is 4.39 Å². The summed E-state index contributed by atoms with van der Waals surface area (Å²) in [5.74, 6) is -1.20. The van der Waals surface area contributed by atoms with Crippen LogP contribution in [0, 0.1) is 23.4 Å². The first-order valence-electron chi connectivity index (χ1n) is 12.5. The number of hydrogen-bond acceptors (Lipinski definition) is 0. The molecule has 178 valence electrons. The molecule has 0 saturated heterocycles. The van der Waals surface area contributed by atoms with Gasteiger partial charge in [-0.3, -0.25) is 0 Å². The molecule has 0 aromatic heterocycles. The Bertz CT molecular complexity index is 1140. The minimum Gasteiger partial charge on any atom is -0.207 e. The Morgan fingerprint density at radius 2 is 1.56 bits per heavy atom. The van der Waals surface area contributed by atoms with Gasteiger partial charge in [-0.05, 0) is 84.2 Å². The number of aryl methyl sites for hydroxylation is 2. The lowest BCUT2D eigenvalue weighted by Gasteiger charge is -2.27. The predicted octanol–water partition coefficient (Wildman–Crippen LogP) is 9.27. The minimum atomic E-state index is -0.752. The van der Waals surface area contributed by atoms with Crippen LogP contribution in [0.25, 0.3) is 17.2 Å². The van der Waals surface area contributed by atoms with Crippen LogP contribution in [0.4, 0.5) is 13.2 Å². The third-order valence-electron chi connectivity index (χ3n) is 7.15. The number of hydrogen-bond donors (Lipinski definition) is 0. The van der Waals surface area contributed by atoms with E-state index in [9.17, 15) is 8.78 Å². The quantitative estimate of drug-likeness (QED) is 0.328. The van der Waals surface area contributed by atoms with Crippen molar-refractivity contribution >= 4 is 6.08 Å². The van der Waals surface area contributed by atoms with Crippen LogP contribution in [0.15, 0.2) is 60.7 Å². The molecule has 0 nitrogen and oxygen atoms in total. The van der Waals surface area contributed by atoms with E-state index in [-0.39, 0.29) is 11.7 Å². The predicted molar refractivity (Wildman–Crippen MR) is 135 cm³/mol. The molecule has 0 amide bonds. The second kappa shape index (κ2) is 11.1. The Balaban J connectivity index is 1.40. The van der Waals surface area contributed by atoms with Gasteiger partial charge < -0.3 is 0 Å². The summed E-state index contributed by atoms with van der Waals surface area (Å²) in [5, 5.41) is 0. The first kappa shape index (κ1) is 24.3. The molecule has 1 aliphatic carbocycles. The molecule has 0 N–H and O–H groups in total. The third-order valence-corrected chi connectivity index (χ3v) is 7.15. The summed E-state index contributed by atoms with van der Waals surface area (Å²) in [6, 6.07) is 16.6. The standard InChI is InChI=1S/C31H33F3/c1-3-5-26-17-12-23(20-29(26)32)7-6-22-10-15-25(16-11-22)28-19-18-27(30(33)31(28)34)24-13-8-21(4-2)9-14-24/h6-9,12-14,17-20,22,25H,3-5,10-11,15-16H2,1-2H3/b7-6+. The molecule has 3 heteroatoms. The maximum atomic E-state index is 15.0. The summed E-state index contributed by atoms with van der Waals surface area (Å²) in [6.07, 6.45) is 10.2. The SMILES string of the molecule is CCCc1ccc(/C=C/C2CCC(c3ccc(-c4ccc(CC)cc4)c(F)c3F)CC2)cc1F. The Morgan fingerprint density at radius 3 is 2.21 bits per heavy atom. The highest BCUT2D eigenvalue weighted by atomic mass is 19.2. The molecular weight excluding hydrogens is 429 g/mol. The lowest BCUT2D eigenvalue weighted by molar-refractivity contribution is 0.365.